The van der Waals surface area contributed by atoms with E-state index in [4.69, 9.17) is 4.74 Å². The van der Waals surface area contributed by atoms with Gasteiger partial charge in [-0.15, -0.1) is 0 Å². The molecular weight excluding hydrogens is 338 g/mol. The monoisotopic (exact) mass is 379 g/mol. The number of rotatable bonds is 5. The molecule has 2 aliphatic carbocycles. The van der Waals surface area contributed by atoms with Gasteiger partial charge >= 0.3 is 6.09 Å². The van der Waals surface area contributed by atoms with E-state index in [-0.39, 0.29) is 23.9 Å². The number of carbonyl (C=O) groups excluding carboxylic acids is 1. The smallest absolute Gasteiger partial charge is 0.410 e. The van der Waals surface area contributed by atoms with Crippen LogP contribution in [-0.2, 0) is 4.74 Å². The molecule has 0 aromatic heterocycles. The second-order valence-corrected chi connectivity index (χ2v) is 16.1. The molecule has 3 atom stereocenters. The van der Waals surface area contributed by atoms with Gasteiger partial charge in [0.2, 0.25) is 0 Å². The lowest BCUT2D eigenvalue weighted by atomic mass is 9.60. The first-order valence-corrected chi connectivity index (χ1v) is 14.1. The fourth-order valence-electron chi connectivity index (χ4n) is 4.94. The first kappa shape index (κ1) is 21.5. The van der Waals surface area contributed by atoms with Crippen molar-refractivity contribution in [1.82, 2.24) is 4.90 Å². The summed E-state index contributed by atoms with van der Waals surface area (Å²) in [6, 6.07) is 0.315. The highest BCUT2D eigenvalue weighted by molar-refractivity contribution is 6.78. The molecule has 3 nitrogen and oxygen atoms in total. The van der Waals surface area contributed by atoms with Crippen molar-refractivity contribution in [3.8, 4) is 0 Å². The fourth-order valence-corrected chi connectivity index (χ4v) is 6.75. The molecule has 2 bridgehead atoms. The second kappa shape index (κ2) is 7.69. The van der Waals surface area contributed by atoms with Crippen LogP contribution >= 0.6 is 0 Å². The lowest BCUT2D eigenvalue weighted by Crippen LogP contribution is -2.51. The van der Waals surface area contributed by atoms with Crippen molar-refractivity contribution < 1.29 is 9.53 Å². The van der Waals surface area contributed by atoms with Gasteiger partial charge in [-0.25, -0.2) is 4.79 Å². The van der Waals surface area contributed by atoms with E-state index in [0.29, 0.717) is 11.3 Å². The highest BCUT2D eigenvalue weighted by Gasteiger charge is 2.45. The Morgan fingerprint density at radius 1 is 1.19 bits per heavy atom. The maximum Gasteiger partial charge on any atom is 0.410 e. The van der Waals surface area contributed by atoms with Crippen molar-refractivity contribution in [2.24, 2.45) is 17.3 Å². The molecule has 0 N–H and O–H groups in total. The topological polar surface area (TPSA) is 29.5 Å². The number of hydrogen-bond donors (Lipinski definition) is 0. The third-order valence-corrected chi connectivity index (χ3v) is 8.58. The summed E-state index contributed by atoms with van der Waals surface area (Å²) in [6.45, 7) is 20.1. The number of ether oxygens (including phenoxy) is 1. The van der Waals surface area contributed by atoms with E-state index in [1.165, 1.54) is 24.8 Å². The Kier molecular flexibility index (Phi) is 6.37. The van der Waals surface area contributed by atoms with Crippen molar-refractivity contribution in [3.05, 3.63) is 11.6 Å². The van der Waals surface area contributed by atoms with Crippen LogP contribution in [0.2, 0.25) is 19.6 Å². The summed E-state index contributed by atoms with van der Waals surface area (Å²) in [5.74, 6) is 1.39. The van der Waals surface area contributed by atoms with Gasteiger partial charge < -0.3 is 9.64 Å². The van der Waals surface area contributed by atoms with Crippen LogP contribution in [0.1, 0.15) is 67.2 Å². The Morgan fingerprint density at radius 3 is 2.27 bits per heavy atom. The third kappa shape index (κ3) is 4.55. The predicted octanol–water partition coefficient (Wildman–Crippen LogP) is 6.26. The minimum absolute atomic E-state index is 0.00200. The van der Waals surface area contributed by atoms with Gasteiger partial charge in [0.1, 0.15) is 5.73 Å². The molecule has 0 aromatic carbocycles. The molecule has 0 spiro atoms. The predicted molar refractivity (Wildman–Crippen MR) is 113 cm³/mol. The summed E-state index contributed by atoms with van der Waals surface area (Å²) < 4.78 is 6.26. The molecule has 26 heavy (non-hydrogen) atoms. The van der Waals surface area contributed by atoms with Crippen LogP contribution < -0.4 is 0 Å². The van der Waals surface area contributed by atoms with E-state index in [9.17, 15) is 4.79 Å². The van der Waals surface area contributed by atoms with Crippen LogP contribution in [0.25, 0.3) is 0 Å². The maximum absolute atomic E-state index is 13.0. The highest BCUT2D eigenvalue weighted by Crippen LogP contribution is 2.51. The Balaban J connectivity index is 2.25. The molecule has 1 fully saturated rings. The van der Waals surface area contributed by atoms with Crippen molar-refractivity contribution in [3.63, 3.8) is 0 Å². The van der Waals surface area contributed by atoms with E-state index < -0.39 is 8.07 Å². The zero-order chi connectivity index (χ0) is 19.9. The van der Waals surface area contributed by atoms with Gasteiger partial charge in [-0.05, 0) is 76.2 Å². The molecule has 2 aliphatic rings. The summed E-state index contributed by atoms with van der Waals surface area (Å²) in [5.41, 5.74) is 1.90. The molecule has 1 saturated carbocycles. The number of allylic oxidation sites excluding steroid dienone is 1. The minimum Gasteiger partial charge on any atom is -0.446 e. The van der Waals surface area contributed by atoms with Crippen LogP contribution in [0.5, 0.6) is 0 Å². The van der Waals surface area contributed by atoms with Crippen LogP contribution in [0, 0.1) is 17.3 Å². The van der Waals surface area contributed by atoms with Gasteiger partial charge in [0.05, 0.1) is 8.07 Å². The van der Waals surface area contributed by atoms with Crippen LogP contribution in [-0.4, -0.2) is 36.9 Å². The molecule has 0 aromatic rings. The van der Waals surface area contributed by atoms with E-state index in [0.717, 1.165) is 12.3 Å². The summed E-state index contributed by atoms with van der Waals surface area (Å²) in [4.78, 5) is 14.9. The Hall–Kier alpha value is -0.773. The molecule has 1 amide bonds. The number of fused-ring (bicyclic) bond motifs is 2. The first-order chi connectivity index (χ1) is 11.8. The SMILES string of the molecule is CC(C)N(C(=O)OC(C1=CC[C@@H]2C[C@H]1CCC2(C)C)[Si](C)(C)C)C(C)C. The highest BCUT2D eigenvalue weighted by atomic mass is 28.3. The second-order valence-electron chi connectivity index (χ2n) is 10.8. The van der Waals surface area contributed by atoms with Crippen molar-refractivity contribution in [1.29, 1.82) is 0 Å². The molecule has 1 unspecified atom stereocenters. The average Bonchev–Trinajstić information content (AvgIpc) is 2.48. The molecular formula is C22H41NO2Si. The standard InChI is InChI=1S/C22H41NO2Si/c1-15(2)23(16(3)4)21(24)25-20(26(7,8)9)19-11-10-18-14-17(19)12-13-22(18,5)6/h11,15-18,20H,10,12-14H2,1-9H3/t17-,18-,20?/m1/s1. The number of hydrogen-bond acceptors (Lipinski definition) is 2. The van der Waals surface area contributed by atoms with Gasteiger partial charge in [0, 0.05) is 12.1 Å². The molecule has 0 radical (unpaired) electrons. The molecule has 0 aliphatic heterocycles. The fraction of sp³-hybridized carbons (Fsp3) is 0.864. The Morgan fingerprint density at radius 2 is 1.77 bits per heavy atom. The molecule has 0 saturated heterocycles. The molecule has 0 heterocycles. The zero-order valence-electron chi connectivity index (χ0n) is 18.6. The van der Waals surface area contributed by atoms with E-state index >= 15 is 0 Å². The lowest BCUT2D eigenvalue weighted by Gasteiger charge is -2.48. The minimum atomic E-state index is -1.68. The largest absolute Gasteiger partial charge is 0.446 e. The van der Waals surface area contributed by atoms with Crippen molar-refractivity contribution in [2.45, 2.75) is 105 Å². The first-order valence-electron chi connectivity index (χ1n) is 10.5. The van der Waals surface area contributed by atoms with E-state index in [1.807, 2.05) is 4.90 Å². The Labute approximate surface area is 162 Å². The normalized spacial score (nSPS) is 26.5. The average molecular weight is 380 g/mol. The summed E-state index contributed by atoms with van der Waals surface area (Å²) in [7, 11) is -1.68. The van der Waals surface area contributed by atoms with Crippen LogP contribution in [0.15, 0.2) is 11.6 Å². The lowest BCUT2D eigenvalue weighted by molar-refractivity contribution is 0.0596. The number of nitrogens with zero attached hydrogens (tertiary/aromatic N) is 1. The van der Waals surface area contributed by atoms with Gasteiger partial charge in [-0.2, -0.15) is 0 Å². The molecule has 2 rings (SSSR count). The van der Waals surface area contributed by atoms with Crippen molar-refractivity contribution >= 4 is 14.2 Å². The molecule has 150 valence electrons. The molecule has 4 heteroatoms. The van der Waals surface area contributed by atoms with E-state index in [2.05, 4.69) is 67.3 Å². The zero-order valence-corrected chi connectivity index (χ0v) is 19.6. The Bertz CT molecular complexity index is 537. The summed E-state index contributed by atoms with van der Waals surface area (Å²) in [5, 5.41) is 0. The van der Waals surface area contributed by atoms with E-state index in [1.54, 1.807) is 0 Å². The van der Waals surface area contributed by atoms with Crippen LogP contribution in [0.4, 0.5) is 4.79 Å². The third-order valence-electron chi connectivity index (χ3n) is 6.55. The van der Waals surface area contributed by atoms with Gasteiger partial charge in [-0.3, -0.25) is 0 Å². The number of amides is 1. The maximum atomic E-state index is 13.0. The number of carbonyl (C=O) groups is 1. The van der Waals surface area contributed by atoms with Gasteiger partial charge in [0.15, 0.2) is 0 Å². The van der Waals surface area contributed by atoms with Gasteiger partial charge in [-0.1, -0.05) is 39.6 Å². The van der Waals surface area contributed by atoms with Gasteiger partial charge in [0.25, 0.3) is 0 Å². The summed E-state index contributed by atoms with van der Waals surface area (Å²) in [6.07, 6.45) is 7.26. The summed E-state index contributed by atoms with van der Waals surface area (Å²) >= 11 is 0. The van der Waals surface area contributed by atoms with Crippen molar-refractivity contribution in [2.75, 3.05) is 0 Å². The van der Waals surface area contributed by atoms with Crippen LogP contribution in [0.3, 0.4) is 0 Å². The quantitative estimate of drug-likeness (QED) is 0.417.